The smallest absolute Gasteiger partial charge is 0.317 e. The molecular formula is C36H50N6O12. The average Bonchev–Trinajstić information content (AvgIpc) is 3.12. The first kappa shape index (κ1) is 41.8. The van der Waals surface area contributed by atoms with Crippen molar-refractivity contribution in [1.82, 2.24) is 24.6 Å². The van der Waals surface area contributed by atoms with E-state index in [1.165, 1.54) is 11.0 Å². The van der Waals surface area contributed by atoms with Gasteiger partial charge in [0.05, 0.1) is 31.7 Å². The zero-order valence-corrected chi connectivity index (χ0v) is 30.4. The fraction of sp³-hybridized carbons (Fsp3) is 0.583. The molecule has 4 atom stereocenters. The summed E-state index contributed by atoms with van der Waals surface area (Å²) >= 11 is 0. The number of pyridine rings is 1. The summed E-state index contributed by atoms with van der Waals surface area (Å²) in [5.74, 6) is -3.89. The number of hydrogen-bond donors (Lipinski definition) is 5. The lowest BCUT2D eigenvalue weighted by atomic mass is 9.87. The molecule has 296 valence electrons. The van der Waals surface area contributed by atoms with E-state index in [2.05, 4.69) is 10.3 Å². The summed E-state index contributed by atoms with van der Waals surface area (Å²) in [6.07, 6.45) is 5.30. The van der Waals surface area contributed by atoms with E-state index in [0.29, 0.717) is 36.9 Å². The molecule has 2 saturated carbocycles. The lowest BCUT2D eigenvalue weighted by Gasteiger charge is -2.46. The van der Waals surface area contributed by atoms with Crippen molar-refractivity contribution in [3.8, 4) is 0 Å². The Labute approximate surface area is 312 Å². The van der Waals surface area contributed by atoms with Gasteiger partial charge in [-0.15, -0.1) is 0 Å². The third-order valence-electron chi connectivity index (χ3n) is 10.3. The predicted molar refractivity (Wildman–Crippen MR) is 194 cm³/mol. The van der Waals surface area contributed by atoms with E-state index in [4.69, 9.17) is 9.47 Å². The number of fused-ring (bicyclic) bond motifs is 1. The normalized spacial score (nSPS) is 20.2. The molecule has 1 heterocycles. The second-order valence-electron chi connectivity index (χ2n) is 13.9. The minimum atomic E-state index is -1.19. The monoisotopic (exact) mass is 758 g/mol. The van der Waals surface area contributed by atoms with Gasteiger partial charge in [-0.05, 0) is 50.3 Å². The fourth-order valence-electron chi connectivity index (χ4n) is 8.06. The molecule has 54 heavy (non-hydrogen) atoms. The molecule has 1 aromatic carbocycles. The van der Waals surface area contributed by atoms with E-state index in [1.54, 1.807) is 28.0 Å². The van der Waals surface area contributed by atoms with Crippen LogP contribution < -0.4 is 10.9 Å². The van der Waals surface area contributed by atoms with Gasteiger partial charge in [0.15, 0.2) is 0 Å². The molecule has 18 heteroatoms. The number of aromatic amines is 1. The molecule has 0 saturated heterocycles. The average molecular weight is 759 g/mol. The molecule has 18 nitrogen and oxygen atoms in total. The summed E-state index contributed by atoms with van der Waals surface area (Å²) in [5.41, 5.74) is 1.50. The van der Waals surface area contributed by atoms with Crippen LogP contribution in [0.2, 0.25) is 0 Å². The number of hydrogen-bond acceptors (Lipinski definition) is 13. The number of anilines is 1. The van der Waals surface area contributed by atoms with Gasteiger partial charge in [-0.2, -0.15) is 0 Å². The number of carbonyl (C=O) groups is 6. The van der Waals surface area contributed by atoms with Gasteiger partial charge in [0.25, 0.3) is 12.9 Å². The highest BCUT2D eigenvalue weighted by Gasteiger charge is 2.39. The zero-order chi connectivity index (χ0) is 39.2. The quantitative estimate of drug-likeness (QED) is 0.0835. The number of aryl methyl sites for hydroxylation is 1. The molecule has 1 aromatic heterocycles. The number of ether oxygens (including phenoxy) is 2. The minimum Gasteiger partial charge on any atom is -0.480 e. The Balaban J connectivity index is 1.65. The second-order valence-corrected chi connectivity index (χ2v) is 13.9. The third kappa shape index (κ3) is 12.1. The Morgan fingerprint density at radius 3 is 1.69 bits per heavy atom. The Morgan fingerprint density at radius 1 is 0.722 bits per heavy atom. The Kier molecular flexibility index (Phi) is 15.9. The standard InChI is InChI=1S/C36H50N6O12/c1-24-14-32(45)38-27-15-25(10-11-26(24)27)37-33(46)16-39(29-7-3-5-9-31(29)42(20-53-22-43)21-54-23-44)12-13-40(17-34(47)48)28-6-2-4-8-30(28)41(18-35(49)50)19-36(51)52/h10-11,14-15,22-23,28-31H,2-9,12-13,16-21H2,1H3,(H,37,46)(H,38,45)(H,47,48)(H,49,50)(H,51,52)/t28?,29-,30+,31-/m0/s1. The van der Waals surface area contributed by atoms with Crippen molar-refractivity contribution in [2.24, 2.45) is 0 Å². The van der Waals surface area contributed by atoms with Crippen LogP contribution in [0.25, 0.3) is 10.9 Å². The highest BCUT2D eigenvalue weighted by molar-refractivity contribution is 5.95. The van der Waals surface area contributed by atoms with Gasteiger partial charge in [0.2, 0.25) is 11.5 Å². The van der Waals surface area contributed by atoms with Crippen LogP contribution in [0.4, 0.5) is 5.69 Å². The van der Waals surface area contributed by atoms with Crippen LogP contribution in [0.5, 0.6) is 0 Å². The molecule has 0 spiro atoms. The van der Waals surface area contributed by atoms with Gasteiger partial charge in [-0.1, -0.05) is 31.7 Å². The molecule has 1 unspecified atom stereocenters. The molecule has 2 aliphatic carbocycles. The number of rotatable bonds is 22. The maximum absolute atomic E-state index is 13.8. The molecule has 4 rings (SSSR count). The van der Waals surface area contributed by atoms with Crippen molar-refractivity contribution in [3.05, 3.63) is 40.2 Å². The highest BCUT2D eigenvalue weighted by Crippen LogP contribution is 2.30. The highest BCUT2D eigenvalue weighted by atomic mass is 16.6. The fourth-order valence-corrected chi connectivity index (χ4v) is 8.06. The van der Waals surface area contributed by atoms with E-state index in [-0.39, 0.29) is 69.6 Å². The van der Waals surface area contributed by atoms with E-state index in [0.717, 1.165) is 36.6 Å². The number of aliphatic carboxylic acids is 3. The first-order valence-electron chi connectivity index (χ1n) is 18.1. The predicted octanol–water partition coefficient (Wildman–Crippen LogP) is 1.12. The van der Waals surface area contributed by atoms with Crippen molar-refractivity contribution < 1.29 is 53.6 Å². The third-order valence-corrected chi connectivity index (χ3v) is 10.3. The van der Waals surface area contributed by atoms with Gasteiger partial charge in [-0.3, -0.25) is 48.3 Å². The number of nitrogens with zero attached hydrogens (tertiary/aromatic N) is 4. The second kappa shape index (κ2) is 20.5. The van der Waals surface area contributed by atoms with Gasteiger partial charge in [0.1, 0.15) is 13.5 Å². The Morgan fingerprint density at radius 2 is 1.19 bits per heavy atom. The number of nitrogens with one attached hydrogen (secondary N) is 2. The van der Waals surface area contributed by atoms with Crippen molar-refractivity contribution in [2.75, 3.05) is 58.0 Å². The van der Waals surface area contributed by atoms with Gasteiger partial charge in [-0.25, -0.2) is 4.90 Å². The minimum absolute atomic E-state index is 0.139. The van der Waals surface area contributed by atoms with Crippen LogP contribution in [0, 0.1) is 6.92 Å². The maximum atomic E-state index is 13.8. The van der Waals surface area contributed by atoms with Gasteiger partial charge >= 0.3 is 17.9 Å². The van der Waals surface area contributed by atoms with Crippen molar-refractivity contribution in [2.45, 2.75) is 82.5 Å². The largest absolute Gasteiger partial charge is 0.480 e. The van der Waals surface area contributed by atoms with Crippen LogP contribution in [0.1, 0.15) is 56.9 Å². The summed E-state index contributed by atoms with van der Waals surface area (Å²) in [6, 6.07) is 4.99. The molecule has 5 N–H and O–H groups in total. The van der Waals surface area contributed by atoms with Crippen molar-refractivity contribution in [3.63, 3.8) is 0 Å². The van der Waals surface area contributed by atoms with Gasteiger partial charge < -0.3 is 35.1 Å². The number of carboxylic acid groups (broad SMARTS) is 3. The van der Waals surface area contributed by atoms with Crippen LogP contribution in [-0.2, 0) is 38.2 Å². The van der Waals surface area contributed by atoms with E-state index in [1.807, 2.05) is 11.8 Å². The van der Waals surface area contributed by atoms with Crippen LogP contribution in [0.15, 0.2) is 29.1 Å². The number of amides is 1. The summed E-state index contributed by atoms with van der Waals surface area (Å²) < 4.78 is 10.1. The molecule has 0 radical (unpaired) electrons. The Bertz CT molecular complexity index is 1660. The van der Waals surface area contributed by atoms with E-state index in [9.17, 15) is 48.9 Å². The lowest BCUT2D eigenvalue weighted by molar-refractivity contribution is -0.148. The van der Waals surface area contributed by atoms with E-state index < -0.39 is 49.6 Å². The van der Waals surface area contributed by atoms with Crippen molar-refractivity contribution >= 4 is 53.3 Å². The zero-order valence-electron chi connectivity index (χ0n) is 30.4. The van der Waals surface area contributed by atoms with Gasteiger partial charge in [0, 0.05) is 54.4 Å². The SMILES string of the molecule is Cc1cc(=O)[nH]c2cc(NC(=O)CN(CCN(CC(=O)O)C3CCCC[C@H]3N(CC(=O)O)CC(=O)O)[C@H]3CCCC[C@@H]3N(COC=O)COC=O)ccc12. The molecule has 2 fully saturated rings. The molecule has 0 aliphatic heterocycles. The molecular weight excluding hydrogens is 708 g/mol. The Hall–Kier alpha value is -4.91. The number of carboxylic acids is 3. The van der Waals surface area contributed by atoms with Crippen LogP contribution in [0.3, 0.4) is 0 Å². The maximum Gasteiger partial charge on any atom is 0.317 e. The number of carbonyl (C=O) groups excluding carboxylic acids is 3. The topological polar surface area (TPSA) is 239 Å². The molecule has 1 amide bonds. The van der Waals surface area contributed by atoms with E-state index >= 15 is 0 Å². The van der Waals surface area contributed by atoms with Crippen LogP contribution >= 0.6 is 0 Å². The lowest BCUT2D eigenvalue weighted by Crippen LogP contribution is -2.59. The summed E-state index contributed by atoms with van der Waals surface area (Å²) in [7, 11) is 0. The molecule has 2 aromatic rings. The first-order valence-corrected chi connectivity index (χ1v) is 18.1. The molecule has 2 aliphatic rings. The summed E-state index contributed by atoms with van der Waals surface area (Å²) in [4.78, 5) is 93.6. The van der Waals surface area contributed by atoms with Crippen LogP contribution in [-0.4, -0.2) is 154 Å². The molecule has 0 bridgehead atoms. The number of H-pyrrole nitrogens is 1. The summed E-state index contributed by atoms with van der Waals surface area (Å²) in [5, 5.41) is 32.9. The first-order chi connectivity index (χ1) is 25.9. The number of benzene rings is 1. The van der Waals surface area contributed by atoms with Crippen molar-refractivity contribution in [1.29, 1.82) is 0 Å². The summed E-state index contributed by atoms with van der Waals surface area (Å²) in [6.45, 7) is 0.795. The number of aromatic nitrogens is 1.